The monoisotopic (exact) mass is 422 g/mol. The summed E-state index contributed by atoms with van der Waals surface area (Å²) in [6.07, 6.45) is 2.34. The molecule has 3 aromatic rings. The predicted octanol–water partition coefficient (Wildman–Crippen LogP) is 3.38. The van der Waals surface area contributed by atoms with Crippen LogP contribution >= 0.6 is 23.7 Å². The standard InChI is InChI=1S/C19H22N4O3S.ClH/c1-14-3-4-15-17(13-14)27-19(21-15)23(18(24)16-5-6-20-26-16)8-2-7-22-9-11-25-12-10-22;/h3-6,13H,2,7-12H2,1H3;1H. The van der Waals surface area contributed by atoms with Gasteiger partial charge in [-0.05, 0) is 31.0 Å². The van der Waals surface area contributed by atoms with Gasteiger partial charge in [-0.15, -0.1) is 12.4 Å². The molecule has 1 aliphatic heterocycles. The first-order chi connectivity index (χ1) is 13.2. The van der Waals surface area contributed by atoms with Gasteiger partial charge >= 0.3 is 0 Å². The third-order valence-electron chi connectivity index (χ3n) is 4.62. The molecule has 1 amide bonds. The lowest BCUT2D eigenvalue weighted by atomic mass is 10.2. The second-order valence-corrected chi connectivity index (χ2v) is 7.62. The van der Waals surface area contributed by atoms with Crippen LogP contribution in [0.4, 0.5) is 5.13 Å². The van der Waals surface area contributed by atoms with E-state index in [9.17, 15) is 4.79 Å². The molecule has 28 heavy (non-hydrogen) atoms. The summed E-state index contributed by atoms with van der Waals surface area (Å²) in [5.74, 6) is 0.0297. The Morgan fingerprint density at radius 2 is 2.11 bits per heavy atom. The van der Waals surface area contributed by atoms with E-state index in [1.54, 1.807) is 11.0 Å². The smallest absolute Gasteiger partial charge is 0.298 e. The number of thiazole rings is 1. The van der Waals surface area contributed by atoms with Crippen LogP contribution in [0.3, 0.4) is 0 Å². The van der Waals surface area contributed by atoms with E-state index >= 15 is 0 Å². The number of benzene rings is 1. The molecule has 4 rings (SSSR count). The molecule has 0 radical (unpaired) electrons. The molecule has 9 heteroatoms. The Bertz CT molecular complexity index is 909. The number of carbonyl (C=O) groups excluding carboxylic acids is 1. The normalized spacial score (nSPS) is 14.8. The lowest BCUT2D eigenvalue weighted by Gasteiger charge is -2.27. The topological polar surface area (TPSA) is 71.7 Å². The Morgan fingerprint density at radius 1 is 1.29 bits per heavy atom. The van der Waals surface area contributed by atoms with E-state index < -0.39 is 0 Å². The molecular weight excluding hydrogens is 400 g/mol. The summed E-state index contributed by atoms with van der Waals surface area (Å²) in [4.78, 5) is 21.7. The molecule has 0 unspecified atom stereocenters. The Labute approximate surface area is 173 Å². The zero-order valence-electron chi connectivity index (χ0n) is 15.7. The van der Waals surface area contributed by atoms with E-state index in [2.05, 4.69) is 28.0 Å². The van der Waals surface area contributed by atoms with Gasteiger partial charge in [-0.25, -0.2) is 4.98 Å². The Balaban J connectivity index is 0.00000225. The minimum absolute atomic E-state index is 0. The first-order valence-corrected chi connectivity index (χ1v) is 9.92. The third-order valence-corrected chi connectivity index (χ3v) is 5.66. The van der Waals surface area contributed by atoms with Crippen molar-refractivity contribution >= 4 is 45.0 Å². The van der Waals surface area contributed by atoms with Gasteiger partial charge in [0.1, 0.15) is 0 Å². The van der Waals surface area contributed by atoms with Gasteiger partial charge < -0.3 is 9.26 Å². The summed E-state index contributed by atoms with van der Waals surface area (Å²) in [7, 11) is 0. The highest BCUT2D eigenvalue weighted by atomic mass is 35.5. The van der Waals surface area contributed by atoms with Crippen LogP contribution in [0.15, 0.2) is 35.0 Å². The molecule has 1 aromatic carbocycles. The molecule has 1 aliphatic rings. The molecular formula is C19H23ClN4O3S. The number of hydrogen-bond donors (Lipinski definition) is 0. The Morgan fingerprint density at radius 3 is 2.86 bits per heavy atom. The highest BCUT2D eigenvalue weighted by molar-refractivity contribution is 7.22. The number of aryl methyl sites for hydroxylation is 1. The largest absolute Gasteiger partial charge is 0.379 e. The Kier molecular flexibility index (Phi) is 7.01. The summed E-state index contributed by atoms with van der Waals surface area (Å²) in [6.45, 7) is 6.99. The van der Waals surface area contributed by atoms with Crippen molar-refractivity contribution in [2.45, 2.75) is 13.3 Å². The van der Waals surface area contributed by atoms with Crippen molar-refractivity contribution in [1.82, 2.24) is 15.0 Å². The summed E-state index contributed by atoms with van der Waals surface area (Å²) >= 11 is 1.53. The molecule has 3 heterocycles. The zero-order valence-corrected chi connectivity index (χ0v) is 17.3. The summed E-state index contributed by atoms with van der Waals surface area (Å²) in [5.41, 5.74) is 2.09. The van der Waals surface area contributed by atoms with Crippen molar-refractivity contribution in [2.24, 2.45) is 0 Å². The van der Waals surface area contributed by atoms with Gasteiger partial charge in [-0.2, -0.15) is 0 Å². The molecule has 0 N–H and O–H groups in total. The van der Waals surface area contributed by atoms with Gasteiger partial charge in [-0.3, -0.25) is 14.6 Å². The molecule has 7 nitrogen and oxygen atoms in total. The lowest BCUT2D eigenvalue weighted by molar-refractivity contribution is 0.0376. The van der Waals surface area contributed by atoms with Crippen LogP contribution in [0.2, 0.25) is 0 Å². The Hall–Kier alpha value is -2.00. The molecule has 2 aromatic heterocycles. The number of carbonyl (C=O) groups is 1. The first kappa shape index (κ1) is 20.7. The highest BCUT2D eigenvalue weighted by Crippen LogP contribution is 2.30. The van der Waals surface area contributed by atoms with Crippen molar-refractivity contribution in [3.05, 3.63) is 41.8 Å². The van der Waals surface area contributed by atoms with Gasteiger partial charge in [0, 0.05) is 32.2 Å². The number of ether oxygens (including phenoxy) is 1. The highest BCUT2D eigenvalue weighted by Gasteiger charge is 2.24. The molecule has 0 spiro atoms. The molecule has 0 saturated carbocycles. The second kappa shape index (κ2) is 9.47. The minimum atomic E-state index is -0.203. The van der Waals surface area contributed by atoms with Gasteiger partial charge in [0.2, 0.25) is 5.76 Å². The molecule has 150 valence electrons. The van der Waals surface area contributed by atoms with Gasteiger partial charge in [0.05, 0.1) is 29.6 Å². The molecule has 0 bridgehead atoms. The number of fused-ring (bicyclic) bond motifs is 1. The minimum Gasteiger partial charge on any atom is -0.379 e. The molecule has 1 saturated heterocycles. The van der Waals surface area contributed by atoms with Crippen LogP contribution in [0.5, 0.6) is 0 Å². The first-order valence-electron chi connectivity index (χ1n) is 9.10. The van der Waals surface area contributed by atoms with E-state index in [0.717, 1.165) is 49.5 Å². The summed E-state index contributed by atoms with van der Waals surface area (Å²) in [5, 5.41) is 4.36. The van der Waals surface area contributed by atoms with E-state index in [-0.39, 0.29) is 24.1 Å². The lowest BCUT2D eigenvalue weighted by Crippen LogP contribution is -2.39. The van der Waals surface area contributed by atoms with Crippen LogP contribution in [-0.4, -0.2) is 60.3 Å². The van der Waals surface area contributed by atoms with Crippen LogP contribution in [0, 0.1) is 6.92 Å². The maximum Gasteiger partial charge on any atom is 0.298 e. The van der Waals surface area contributed by atoms with Crippen molar-refractivity contribution in [3.8, 4) is 0 Å². The van der Waals surface area contributed by atoms with Crippen molar-refractivity contribution in [2.75, 3.05) is 44.3 Å². The number of rotatable bonds is 6. The fraction of sp³-hybridized carbons (Fsp3) is 0.421. The molecule has 0 aliphatic carbocycles. The SMILES string of the molecule is Cc1ccc2nc(N(CCCN3CCOCC3)C(=O)c3ccno3)sc2c1.Cl. The number of halogens is 1. The fourth-order valence-corrected chi connectivity index (χ4v) is 4.24. The van der Waals surface area contributed by atoms with Crippen molar-refractivity contribution < 1.29 is 14.1 Å². The van der Waals surface area contributed by atoms with E-state index in [1.807, 2.05) is 12.1 Å². The number of nitrogens with zero attached hydrogens (tertiary/aromatic N) is 4. The van der Waals surface area contributed by atoms with Crippen molar-refractivity contribution in [1.29, 1.82) is 0 Å². The summed E-state index contributed by atoms with van der Waals surface area (Å²) < 4.78 is 11.6. The summed E-state index contributed by atoms with van der Waals surface area (Å²) in [6, 6.07) is 7.72. The van der Waals surface area contributed by atoms with Crippen LogP contribution in [0.1, 0.15) is 22.5 Å². The van der Waals surface area contributed by atoms with Crippen LogP contribution < -0.4 is 4.90 Å². The number of anilines is 1. The molecule has 1 fully saturated rings. The van der Waals surface area contributed by atoms with Gasteiger partial charge in [0.15, 0.2) is 5.13 Å². The average Bonchev–Trinajstić information content (AvgIpc) is 3.35. The average molecular weight is 423 g/mol. The van der Waals surface area contributed by atoms with Crippen LogP contribution in [0.25, 0.3) is 10.2 Å². The zero-order chi connectivity index (χ0) is 18.6. The fourth-order valence-electron chi connectivity index (χ4n) is 3.16. The maximum absolute atomic E-state index is 13.0. The van der Waals surface area contributed by atoms with E-state index in [1.165, 1.54) is 23.1 Å². The van der Waals surface area contributed by atoms with Gasteiger partial charge in [-0.1, -0.05) is 22.6 Å². The van der Waals surface area contributed by atoms with Crippen molar-refractivity contribution in [3.63, 3.8) is 0 Å². The quantitative estimate of drug-likeness (QED) is 0.606. The number of morpholine rings is 1. The number of amides is 1. The van der Waals surface area contributed by atoms with E-state index in [0.29, 0.717) is 11.7 Å². The molecule has 0 atom stereocenters. The van der Waals surface area contributed by atoms with Gasteiger partial charge in [0.25, 0.3) is 5.91 Å². The second-order valence-electron chi connectivity index (χ2n) is 6.61. The number of aromatic nitrogens is 2. The third kappa shape index (κ3) is 4.70. The number of hydrogen-bond acceptors (Lipinski definition) is 7. The van der Waals surface area contributed by atoms with E-state index in [4.69, 9.17) is 9.26 Å². The maximum atomic E-state index is 13.0. The van der Waals surface area contributed by atoms with Crippen LogP contribution in [-0.2, 0) is 4.74 Å². The predicted molar refractivity (Wildman–Crippen MR) is 112 cm³/mol.